The Hall–Kier alpha value is -1.50. The van der Waals surface area contributed by atoms with Gasteiger partial charge < -0.3 is 5.32 Å². The summed E-state index contributed by atoms with van der Waals surface area (Å²) in [6.07, 6.45) is 2.07. The number of halogens is 2. The van der Waals surface area contributed by atoms with Crippen LogP contribution in [0.15, 0.2) is 23.0 Å². The van der Waals surface area contributed by atoms with Crippen molar-refractivity contribution >= 4 is 22.5 Å². The van der Waals surface area contributed by atoms with E-state index in [2.05, 4.69) is 17.1 Å². The summed E-state index contributed by atoms with van der Waals surface area (Å²) < 4.78 is 11.3. The molecule has 1 unspecified atom stereocenters. The maximum Gasteiger partial charge on any atom is 0.261 e. The molecule has 1 N–H and O–H groups in total. The number of hydrogen-bond acceptors (Lipinski definition) is 4. The Kier molecular flexibility index (Phi) is 8.00. The van der Waals surface area contributed by atoms with Gasteiger partial charge in [-0.25, -0.2) is 4.98 Å². The van der Waals surface area contributed by atoms with E-state index in [-0.39, 0.29) is 11.6 Å². The number of rotatable bonds is 5. The third kappa shape index (κ3) is 4.42. The first kappa shape index (κ1) is 20.8. The average molecular weight is 383 g/mol. The Bertz CT molecular complexity index is 774. The third-order valence-corrected chi connectivity index (χ3v) is 4.95. The third-order valence-electron chi connectivity index (χ3n) is 4.71. The van der Waals surface area contributed by atoms with Crippen LogP contribution in [0.2, 0.25) is 5.02 Å². The molecule has 3 rings (SSSR count). The molecule has 1 atom stereocenters. The zero-order valence-corrected chi connectivity index (χ0v) is 16.5. The van der Waals surface area contributed by atoms with Crippen molar-refractivity contribution in [2.75, 3.05) is 33.4 Å². The van der Waals surface area contributed by atoms with Gasteiger partial charge in [0.1, 0.15) is 5.82 Å². The highest BCUT2D eigenvalue weighted by Gasteiger charge is 2.26. The molecular formula is C19H28ClFN4O. The lowest BCUT2D eigenvalue weighted by Crippen LogP contribution is -2.46. The van der Waals surface area contributed by atoms with Crippen molar-refractivity contribution in [1.82, 2.24) is 19.8 Å². The van der Waals surface area contributed by atoms with E-state index in [9.17, 15) is 9.18 Å². The molecule has 1 saturated heterocycles. The lowest BCUT2D eigenvalue weighted by atomic mass is 10.1. The molecule has 1 aromatic carbocycles. The monoisotopic (exact) mass is 382 g/mol. The second-order valence-corrected chi connectivity index (χ2v) is 6.71. The Morgan fingerprint density at radius 3 is 2.58 bits per heavy atom. The van der Waals surface area contributed by atoms with E-state index in [0.29, 0.717) is 24.1 Å². The van der Waals surface area contributed by atoms with Gasteiger partial charge in [-0.1, -0.05) is 24.9 Å². The van der Waals surface area contributed by atoms with Gasteiger partial charge in [0.25, 0.3) is 5.56 Å². The molecule has 2 aromatic rings. The molecule has 144 valence electrons. The summed E-state index contributed by atoms with van der Waals surface area (Å²) in [6.45, 7) is 8.76. The van der Waals surface area contributed by atoms with Crippen LogP contribution in [0.5, 0.6) is 0 Å². The van der Waals surface area contributed by atoms with Gasteiger partial charge in [-0.15, -0.1) is 0 Å². The molecule has 5 nitrogen and oxygen atoms in total. The maximum absolute atomic E-state index is 13.0. The number of nitrogens with zero attached hydrogens (tertiary/aromatic N) is 3. The maximum atomic E-state index is 13.0. The Balaban J connectivity index is 0.00000117. The van der Waals surface area contributed by atoms with Crippen LogP contribution in [-0.2, 0) is 6.54 Å². The first-order valence-corrected chi connectivity index (χ1v) is 9.56. The lowest BCUT2D eigenvalue weighted by Gasteiger charge is -2.35. The highest BCUT2D eigenvalue weighted by atomic mass is 35.5. The lowest BCUT2D eigenvalue weighted by molar-refractivity contribution is 0.154. The Morgan fingerprint density at radius 1 is 1.27 bits per heavy atom. The number of aromatic nitrogens is 2. The van der Waals surface area contributed by atoms with Crippen molar-refractivity contribution in [3.8, 4) is 0 Å². The predicted molar refractivity (Wildman–Crippen MR) is 106 cm³/mol. The largest absolute Gasteiger partial charge is 0.314 e. The number of benzene rings is 1. The fourth-order valence-corrected chi connectivity index (χ4v) is 3.68. The van der Waals surface area contributed by atoms with Crippen molar-refractivity contribution in [3.05, 3.63) is 39.4 Å². The predicted octanol–water partition coefficient (Wildman–Crippen LogP) is 3.40. The van der Waals surface area contributed by atoms with Crippen LogP contribution in [0.3, 0.4) is 0 Å². The summed E-state index contributed by atoms with van der Waals surface area (Å²) in [7, 11) is 0.500. The molecule has 0 saturated carbocycles. The van der Waals surface area contributed by atoms with Crippen LogP contribution >= 0.6 is 11.6 Å². The summed E-state index contributed by atoms with van der Waals surface area (Å²) in [5, 5.41) is 4.57. The highest BCUT2D eigenvalue weighted by Crippen LogP contribution is 2.26. The second-order valence-electron chi connectivity index (χ2n) is 6.27. The van der Waals surface area contributed by atoms with Crippen LogP contribution < -0.4 is 10.9 Å². The smallest absolute Gasteiger partial charge is 0.261 e. The van der Waals surface area contributed by atoms with Gasteiger partial charge >= 0.3 is 0 Å². The highest BCUT2D eigenvalue weighted by molar-refractivity contribution is 6.31. The fraction of sp³-hybridized carbons (Fsp3) is 0.579. The quantitative estimate of drug-likeness (QED) is 0.861. The standard InChI is InChI=1S/C18H25ClN4O.CH3F/c1-3-5-16(22-10-8-20-9-11-22)17-21-15-7-6-13(19)12-14(15)18(24)23(17)4-2;1-2/h6-7,12,16,20H,3-5,8-11H2,1-2H3;1H3. The summed E-state index contributed by atoms with van der Waals surface area (Å²) in [5.41, 5.74) is 0.747. The minimum atomic E-state index is 0.0104. The molecule has 1 aromatic heterocycles. The topological polar surface area (TPSA) is 50.2 Å². The number of piperazine rings is 1. The van der Waals surface area contributed by atoms with Crippen molar-refractivity contribution in [1.29, 1.82) is 0 Å². The molecule has 1 aliphatic rings. The Labute approximate surface area is 159 Å². The molecule has 26 heavy (non-hydrogen) atoms. The molecule has 0 amide bonds. The van der Waals surface area contributed by atoms with Gasteiger partial charge in [0.15, 0.2) is 0 Å². The number of fused-ring (bicyclic) bond motifs is 1. The van der Waals surface area contributed by atoms with E-state index in [4.69, 9.17) is 16.6 Å². The summed E-state index contributed by atoms with van der Waals surface area (Å²) in [4.78, 5) is 20.3. The molecule has 0 spiro atoms. The van der Waals surface area contributed by atoms with Gasteiger partial charge in [0.05, 0.1) is 24.1 Å². The molecule has 1 fully saturated rings. The molecule has 0 aliphatic carbocycles. The van der Waals surface area contributed by atoms with Crippen LogP contribution in [0, 0.1) is 0 Å². The van der Waals surface area contributed by atoms with Crippen molar-refractivity contribution in [3.63, 3.8) is 0 Å². The van der Waals surface area contributed by atoms with Gasteiger partial charge in [-0.2, -0.15) is 0 Å². The normalized spacial score (nSPS) is 16.2. The first-order chi connectivity index (χ1) is 12.7. The van der Waals surface area contributed by atoms with Gasteiger partial charge in [-0.3, -0.25) is 18.7 Å². The summed E-state index contributed by atoms with van der Waals surface area (Å²) in [5.74, 6) is 0.890. The molecule has 0 radical (unpaired) electrons. The van der Waals surface area contributed by atoms with E-state index >= 15 is 0 Å². The van der Waals surface area contributed by atoms with Gasteiger partial charge in [0.2, 0.25) is 0 Å². The number of nitrogens with one attached hydrogen (secondary N) is 1. The van der Waals surface area contributed by atoms with Crippen LogP contribution in [0.25, 0.3) is 10.9 Å². The van der Waals surface area contributed by atoms with Crippen molar-refractivity contribution in [2.45, 2.75) is 39.3 Å². The molecular weight excluding hydrogens is 355 g/mol. The second kappa shape index (κ2) is 10.00. The first-order valence-electron chi connectivity index (χ1n) is 9.18. The van der Waals surface area contributed by atoms with E-state index in [1.807, 2.05) is 17.6 Å². The van der Waals surface area contributed by atoms with Gasteiger partial charge in [0, 0.05) is 37.7 Å². The van der Waals surface area contributed by atoms with E-state index < -0.39 is 0 Å². The number of alkyl halides is 1. The van der Waals surface area contributed by atoms with Gasteiger partial charge in [-0.05, 0) is 31.5 Å². The zero-order chi connectivity index (χ0) is 19.1. The molecule has 2 heterocycles. The Morgan fingerprint density at radius 2 is 1.96 bits per heavy atom. The average Bonchev–Trinajstić information content (AvgIpc) is 2.69. The molecule has 7 heteroatoms. The zero-order valence-electron chi connectivity index (χ0n) is 15.8. The van der Waals surface area contributed by atoms with Crippen molar-refractivity contribution < 1.29 is 4.39 Å². The minimum absolute atomic E-state index is 0.0104. The van der Waals surface area contributed by atoms with Crippen molar-refractivity contribution in [2.24, 2.45) is 0 Å². The fourth-order valence-electron chi connectivity index (χ4n) is 3.51. The SMILES string of the molecule is CCCC(c1nc2ccc(Cl)cc2c(=O)n1CC)N1CCNCC1.CF. The van der Waals surface area contributed by atoms with E-state index in [1.54, 1.807) is 12.1 Å². The van der Waals surface area contributed by atoms with E-state index in [1.165, 1.54) is 0 Å². The van der Waals surface area contributed by atoms with E-state index in [0.717, 1.165) is 50.4 Å². The summed E-state index contributed by atoms with van der Waals surface area (Å²) >= 11 is 6.07. The number of hydrogen-bond donors (Lipinski definition) is 1. The van der Waals surface area contributed by atoms with Crippen LogP contribution in [-0.4, -0.2) is 47.8 Å². The molecule has 0 bridgehead atoms. The molecule has 1 aliphatic heterocycles. The minimum Gasteiger partial charge on any atom is -0.314 e. The van der Waals surface area contributed by atoms with Crippen LogP contribution in [0.4, 0.5) is 4.39 Å². The summed E-state index contributed by atoms with van der Waals surface area (Å²) in [6, 6.07) is 5.56. The van der Waals surface area contributed by atoms with Crippen LogP contribution in [0.1, 0.15) is 38.6 Å².